The lowest BCUT2D eigenvalue weighted by Crippen LogP contribution is -2.62. The van der Waals surface area contributed by atoms with Crippen LogP contribution in [-0.2, 0) is 15.0 Å². The van der Waals surface area contributed by atoms with Gasteiger partial charge in [-0.1, -0.05) is 47.1 Å². The van der Waals surface area contributed by atoms with E-state index in [1.807, 2.05) is 23.2 Å². The Balaban J connectivity index is 1.38. The van der Waals surface area contributed by atoms with Gasteiger partial charge < -0.3 is 9.74 Å². The highest BCUT2D eigenvalue weighted by atomic mass is 35.5. The van der Waals surface area contributed by atoms with Gasteiger partial charge in [-0.05, 0) is 37.0 Å². The van der Waals surface area contributed by atoms with Crippen LogP contribution in [-0.4, -0.2) is 64.9 Å². The van der Waals surface area contributed by atoms with Crippen molar-refractivity contribution in [2.24, 2.45) is 16.1 Å². The van der Waals surface area contributed by atoms with Crippen molar-refractivity contribution in [1.29, 1.82) is 0 Å². The molecule has 1 amide bonds. The topological polar surface area (TPSA) is 54.3 Å². The van der Waals surface area contributed by atoms with Crippen LogP contribution >= 0.6 is 34.8 Å². The molecule has 2 fully saturated rings. The van der Waals surface area contributed by atoms with Crippen LogP contribution in [0.15, 0.2) is 57.2 Å². The summed E-state index contributed by atoms with van der Waals surface area (Å²) in [7, 11) is 1.68. The Bertz CT molecular complexity index is 1230. The number of hydrogen-bond acceptors (Lipinski definition) is 4. The molecule has 1 aromatic rings. The van der Waals surface area contributed by atoms with Crippen LogP contribution in [0.5, 0.6) is 0 Å². The molecule has 0 spiro atoms. The molecule has 1 saturated carbocycles. The monoisotopic (exact) mass is 573 g/mol. The van der Waals surface area contributed by atoms with Crippen molar-refractivity contribution in [2.45, 2.75) is 53.6 Å². The van der Waals surface area contributed by atoms with E-state index in [4.69, 9.17) is 39.6 Å². The SMILES string of the molecule is C/N=C\C1(c2ccc(C3=NOC(C4=CC(Cl)C(C)(Cl)C(Cl)=C4)(C(F)(F)F)C3)cc2)CN(C(=O)C2CC2)C1. The van der Waals surface area contributed by atoms with E-state index < -0.39 is 33.9 Å². The largest absolute Gasteiger partial charge is 0.435 e. The van der Waals surface area contributed by atoms with Gasteiger partial charge in [0, 0.05) is 49.3 Å². The Morgan fingerprint density at radius 2 is 1.89 bits per heavy atom. The third-order valence-electron chi connectivity index (χ3n) is 7.60. The lowest BCUT2D eigenvalue weighted by atomic mass is 9.74. The zero-order valence-corrected chi connectivity index (χ0v) is 22.4. The van der Waals surface area contributed by atoms with Crippen LogP contribution in [0.1, 0.15) is 37.3 Å². The molecule has 37 heavy (non-hydrogen) atoms. The predicted molar refractivity (Wildman–Crippen MR) is 139 cm³/mol. The number of carbonyl (C=O) groups is 1. The number of allylic oxidation sites excluding steroid dienone is 2. The van der Waals surface area contributed by atoms with Gasteiger partial charge in [0.2, 0.25) is 5.91 Å². The lowest BCUT2D eigenvalue weighted by Gasteiger charge is -2.48. The van der Waals surface area contributed by atoms with Crippen LogP contribution in [0, 0.1) is 5.92 Å². The minimum Gasteiger partial charge on any atom is -0.374 e. The summed E-state index contributed by atoms with van der Waals surface area (Å²) in [6, 6.07) is 7.13. The Morgan fingerprint density at radius 1 is 1.24 bits per heavy atom. The van der Waals surface area contributed by atoms with E-state index in [-0.39, 0.29) is 28.1 Å². The quantitative estimate of drug-likeness (QED) is 0.321. The van der Waals surface area contributed by atoms with E-state index in [9.17, 15) is 18.0 Å². The van der Waals surface area contributed by atoms with Gasteiger partial charge in [0.05, 0.1) is 21.4 Å². The average Bonchev–Trinajstić information content (AvgIpc) is 3.56. The van der Waals surface area contributed by atoms with Gasteiger partial charge in [-0.15, -0.1) is 23.2 Å². The predicted octanol–water partition coefficient (Wildman–Crippen LogP) is 5.97. The summed E-state index contributed by atoms with van der Waals surface area (Å²) in [4.78, 5) is 22.4. The summed E-state index contributed by atoms with van der Waals surface area (Å²) in [5.41, 5.74) is -1.79. The maximum absolute atomic E-state index is 14.4. The number of halogens is 6. The average molecular weight is 575 g/mol. The smallest absolute Gasteiger partial charge is 0.374 e. The Hall–Kier alpha value is -2.03. The molecule has 0 bridgehead atoms. The first-order valence-electron chi connectivity index (χ1n) is 11.9. The first-order valence-corrected chi connectivity index (χ1v) is 13.1. The lowest BCUT2D eigenvalue weighted by molar-refractivity contribution is -0.252. The van der Waals surface area contributed by atoms with Gasteiger partial charge in [0.1, 0.15) is 0 Å². The van der Waals surface area contributed by atoms with Crippen molar-refractivity contribution in [3.63, 3.8) is 0 Å². The molecular weight excluding hydrogens is 550 g/mol. The molecular formula is C26H25Cl3F3N3O2. The van der Waals surface area contributed by atoms with Crippen LogP contribution < -0.4 is 0 Å². The Morgan fingerprint density at radius 3 is 2.43 bits per heavy atom. The maximum atomic E-state index is 14.4. The van der Waals surface area contributed by atoms with Crippen LogP contribution in [0.3, 0.4) is 0 Å². The van der Waals surface area contributed by atoms with Crippen molar-refractivity contribution in [3.05, 3.63) is 58.1 Å². The second kappa shape index (κ2) is 9.02. The number of benzene rings is 1. The summed E-state index contributed by atoms with van der Waals surface area (Å²) in [6.45, 7) is 2.60. The number of oxime groups is 1. The molecule has 3 atom stereocenters. The number of amides is 1. The first-order chi connectivity index (χ1) is 17.3. The highest BCUT2D eigenvalue weighted by Crippen LogP contribution is 2.51. The first kappa shape index (κ1) is 26.6. The number of alkyl halides is 5. The van der Waals surface area contributed by atoms with E-state index in [0.29, 0.717) is 18.7 Å². The van der Waals surface area contributed by atoms with Gasteiger partial charge in [-0.25, -0.2) is 0 Å². The van der Waals surface area contributed by atoms with Crippen molar-refractivity contribution in [1.82, 2.24) is 4.90 Å². The summed E-state index contributed by atoms with van der Waals surface area (Å²) in [6.07, 6.45) is 0.782. The van der Waals surface area contributed by atoms with Crippen molar-refractivity contribution in [2.75, 3.05) is 20.1 Å². The number of nitrogens with zero attached hydrogens (tertiary/aromatic N) is 3. The molecule has 1 saturated heterocycles. The van der Waals surface area contributed by atoms with Gasteiger partial charge in [0.25, 0.3) is 5.60 Å². The van der Waals surface area contributed by atoms with E-state index in [1.165, 1.54) is 19.1 Å². The Labute approximate surface area is 228 Å². The minimum absolute atomic E-state index is 0.00529. The number of likely N-dealkylation sites (tertiary alicyclic amines) is 1. The maximum Gasteiger partial charge on any atom is 0.435 e. The number of hydrogen-bond donors (Lipinski definition) is 0. The summed E-state index contributed by atoms with van der Waals surface area (Å²) in [5, 5.41) is 2.86. The highest BCUT2D eigenvalue weighted by molar-refractivity contribution is 6.43. The molecule has 3 unspecified atom stereocenters. The normalized spacial score (nSPS) is 31.4. The molecule has 1 aromatic carbocycles. The van der Waals surface area contributed by atoms with Crippen LogP contribution in [0.25, 0.3) is 0 Å². The molecule has 11 heteroatoms. The molecule has 2 aliphatic heterocycles. The number of aliphatic imine (C=N–C) groups is 1. The zero-order chi connectivity index (χ0) is 26.8. The third kappa shape index (κ3) is 4.39. The van der Waals surface area contributed by atoms with Gasteiger partial charge >= 0.3 is 6.18 Å². The van der Waals surface area contributed by atoms with E-state index in [2.05, 4.69) is 10.1 Å². The fourth-order valence-electron chi connectivity index (χ4n) is 5.04. The van der Waals surface area contributed by atoms with Crippen LogP contribution in [0.4, 0.5) is 13.2 Å². The van der Waals surface area contributed by atoms with Gasteiger partial charge in [-0.3, -0.25) is 9.79 Å². The molecule has 0 aromatic heterocycles. The molecule has 2 aliphatic carbocycles. The highest BCUT2D eigenvalue weighted by Gasteiger charge is 2.64. The molecule has 0 radical (unpaired) electrons. The van der Waals surface area contributed by atoms with Crippen molar-refractivity contribution >= 4 is 52.6 Å². The third-order valence-corrected chi connectivity index (χ3v) is 9.31. The number of rotatable bonds is 5. The van der Waals surface area contributed by atoms with E-state index in [1.54, 1.807) is 19.2 Å². The van der Waals surface area contributed by atoms with Gasteiger partial charge in [-0.2, -0.15) is 13.2 Å². The Kier molecular flexibility index (Phi) is 6.48. The van der Waals surface area contributed by atoms with Crippen LogP contribution in [0.2, 0.25) is 0 Å². The van der Waals surface area contributed by atoms with Crippen molar-refractivity contribution in [3.8, 4) is 0 Å². The molecule has 5 rings (SSSR count). The second-order valence-corrected chi connectivity index (χ2v) is 12.0. The van der Waals surface area contributed by atoms with Gasteiger partial charge in [0.15, 0.2) is 0 Å². The summed E-state index contributed by atoms with van der Waals surface area (Å²) in [5.74, 6) is 0.321. The van der Waals surface area contributed by atoms with E-state index >= 15 is 0 Å². The summed E-state index contributed by atoms with van der Waals surface area (Å²) < 4.78 is 43.3. The second-order valence-electron chi connectivity index (χ2n) is 10.3. The molecule has 0 N–H and O–H groups in total. The molecule has 5 nitrogen and oxygen atoms in total. The molecule has 4 aliphatic rings. The fraction of sp³-hybridized carbons (Fsp3) is 0.500. The van der Waals surface area contributed by atoms with E-state index in [0.717, 1.165) is 18.4 Å². The standard InChI is InChI=1S/C26H25Cl3F3N3O2/c1-23(29)20(27)9-18(10-21(23)28)25(26(30,31)32)11-19(34-37-25)15-5-7-17(8-6-15)24(12-33-2)13-35(14-24)22(36)16-3-4-16/h5-10,12,16,20H,3-4,11,13-14H2,1-2H3/b33-12-. The number of carbonyl (C=O) groups excluding carboxylic acids is 1. The molecule has 2 heterocycles. The zero-order valence-electron chi connectivity index (χ0n) is 20.2. The summed E-state index contributed by atoms with van der Waals surface area (Å²) >= 11 is 18.8. The van der Waals surface area contributed by atoms with Crippen molar-refractivity contribution < 1.29 is 22.8 Å². The molecule has 198 valence electrons. The minimum atomic E-state index is -4.79. The fourth-order valence-corrected chi connectivity index (χ4v) is 5.70.